The SMILES string of the molecule is O=C(CNc1cc(F)ccc1[N+](=O)[O-])N1CCN(c2ccccc2)CC1. The summed E-state index contributed by atoms with van der Waals surface area (Å²) in [6.07, 6.45) is 0. The third kappa shape index (κ3) is 4.08. The van der Waals surface area contributed by atoms with Crippen molar-refractivity contribution in [2.75, 3.05) is 42.9 Å². The van der Waals surface area contributed by atoms with E-state index >= 15 is 0 Å². The molecule has 0 spiro atoms. The number of nitrogens with one attached hydrogen (secondary N) is 1. The minimum absolute atomic E-state index is 0.00581. The van der Waals surface area contributed by atoms with Gasteiger partial charge in [0.15, 0.2) is 0 Å². The number of halogens is 1. The third-order valence-electron chi connectivity index (χ3n) is 4.34. The maximum absolute atomic E-state index is 13.3. The normalized spacial score (nSPS) is 14.2. The van der Waals surface area contributed by atoms with Crippen molar-refractivity contribution >= 4 is 23.0 Å². The quantitative estimate of drug-likeness (QED) is 0.656. The molecule has 0 aliphatic carbocycles. The van der Waals surface area contributed by atoms with Crippen LogP contribution < -0.4 is 10.2 Å². The number of nitro groups is 1. The molecule has 0 saturated carbocycles. The molecule has 1 N–H and O–H groups in total. The first-order chi connectivity index (χ1) is 12.5. The Hall–Kier alpha value is -3.16. The lowest BCUT2D eigenvalue weighted by Gasteiger charge is -2.36. The Morgan fingerprint density at radius 2 is 1.81 bits per heavy atom. The molecule has 0 atom stereocenters. The van der Waals surface area contributed by atoms with Crippen molar-refractivity contribution < 1.29 is 14.1 Å². The molecule has 0 radical (unpaired) electrons. The van der Waals surface area contributed by atoms with E-state index in [1.54, 1.807) is 4.90 Å². The fourth-order valence-corrected chi connectivity index (χ4v) is 2.94. The highest BCUT2D eigenvalue weighted by Gasteiger charge is 2.22. The molecule has 136 valence electrons. The van der Waals surface area contributed by atoms with Gasteiger partial charge in [0.25, 0.3) is 5.69 Å². The fourth-order valence-electron chi connectivity index (χ4n) is 2.94. The molecule has 1 heterocycles. The van der Waals surface area contributed by atoms with Gasteiger partial charge in [0.1, 0.15) is 11.5 Å². The average molecular weight is 358 g/mol. The number of nitro benzene ring substituents is 1. The summed E-state index contributed by atoms with van der Waals surface area (Å²) in [5.74, 6) is -0.765. The van der Waals surface area contributed by atoms with Crippen molar-refractivity contribution in [3.63, 3.8) is 0 Å². The second kappa shape index (κ2) is 7.81. The van der Waals surface area contributed by atoms with E-state index in [1.165, 1.54) is 0 Å². The van der Waals surface area contributed by atoms with Gasteiger partial charge >= 0.3 is 0 Å². The van der Waals surface area contributed by atoms with Crippen molar-refractivity contribution in [1.29, 1.82) is 0 Å². The van der Waals surface area contributed by atoms with Crippen LogP contribution in [-0.2, 0) is 4.79 Å². The van der Waals surface area contributed by atoms with Gasteiger partial charge in [-0.05, 0) is 18.2 Å². The first kappa shape index (κ1) is 17.7. The van der Waals surface area contributed by atoms with Gasteiger partial charge in [-0.2, -0.15) is 0 Å². The first-order valence-corrected chi connectivity index (χ1v) is 8.30. The van der Waals surface area contributed by atoms with Gasteiger partial charge in [-0.15, -0.1) is 0 Å². The predicted octanol–water partition coefficient (Wildman–Crippen LogP) is 2.49. The summed E-state index contributed by atoms with van der Waals surface area (Å²) in [7, 11) is 0. The molecular weight excluding hydrogens is 339 g/mol. The number of hydrogen-bond acceptors (Lipinski definition) is 5. The van der Waals surface area contributed by atoms with Crippen LogP contribution in [0.25, 0.3) is 0 Å². The Balaban J connectivity index is 1.55. The number of anilines is 2. The topological polar surface area (TPSA) is 78.7 Å². The highest BCUT2D eigenvalue weighted by molar-refractivity contribution is 5.82. The zero-order valence-electron chi connectivity index (χ0n) is 14.1. The van der Waals surface area contributed by atoms with E-state index in [2.05, 4.69) is 10.2 Å². The van der Waals surface area contributed by atoms with E-state index in [9.17, 15) is 19.3 Å². The average Bonchev–Trinajstić information content (AvgIpc) is 2.66. The lowest BCUT2D eigenvalue weighted by Crippen LogP contribution is -2.50. The number of hydrogen-bond donors (Lipinski definition) is 1. The maximum Gasteiger partial charge on any atom is 0.292 e. The van der Waals surface area contributed by atoms with Crippen LogP contribution in [0.5, 0.6) is 0 Å². The summed E-state index contributed by atoms with van der Waals surface area (Å²) in [5, 5.41) is 13.7. The molecule has 1 amide bonds. The third-order valence-corrected chi connectivity index (χ3v) is 4.34. The Bertz CT molecular complexity index is 792. The molecule has 0 unspecified atom stereocenters. The summed E-state index contributed by atoms with van der Waals surface area (Å²) in [4.78, 5) is 26.7. The van der Waals surface area contributed by atoms with Gasteiger partial charge in [0.05, 0.1) is 11.5 Å². The van der Waals surface area contributed by atoms with E-state index in [0.29, 0.717) is 13.1 Å². The first-order valence-electron chi connectivity index (χ1n) is 8.30. The van der Waals surface area contributed by atoms with Gasteiger partial charge in [-0.25, -0.2) is 4.39 Å². The van der Waals surface area contributed by atoms with Gasteiger partial charge < -0.3 is 15.1 Å². The summed E-state index contributed by atoms with van der Waals surface area (Å²) in [6.45, 7) is 2.46. The summed E-state index contributed by atoms with van der Waals surface area (Å²) in [6, 6.07) is 13.1. The van der Waals surface area contributed by atoms with E-state index in [-0.39, 0.29) is 23.8 Å². The molecule has 0 aromatic heterocycles. The lowest BCUT2D eigenvalue weighted by molar-refractivity contribution is -0.384. The number of para-hydroxylation sites is 1. The van der Waals surface area contributed by atoms with Crippen molar-refractivity contribution in [2.45, 2.75) is 0 Å². The van der Waals surface area contributed by atoms with Crippen molar-refractivity contribution in [2.24, 2.45) is 0 Å². The number of piperazine rings is 1. The number of nitrogens with zero attached hydrogens (tertiary/aromatic N) is 3. The molecule has 1 saturated heterocycles. The number of rotatable bonds is 5. The van der Waals surface area contributed by atoms with E-state index in [1.807, 2.05) is 30.3 Å². The molecule has 1 aliphatic rings. The lowest BCUT2D eigenvalue weighted by atomic mass is 10.2. The number of benzene rings is 2. The van der Waals surface area contributed by atoms with Crippen LogP contribution in [0.15, 0.2) is 48.5 Å². The van der Waals surface area contributed by atoms with E-state index in [0.717, 1.165) is 37.0 Å². The van der Waals surface area contributed by atoms with Crippen LogP contribution in [0.1, 0.15) is 0 Å². The number of carbonyl (C=O) groups is 1. The van der Waals surface area contributed by atoms with Gasteiger partial charge in [-0.1, -0.05) is 18.2 Å². The second-order valence-electron chi connectivity index (χ2n) is 5.98. The van der Waals surface area contributed by atoms with Crippen LogP contribution in [0, 0.1) is 15.9 Å². The van der Waals surface area contributed by atoms with Crippen molar-refractivity contribution in [1.82, 2.24) is 4.90 Å². The Labute approximate surface area is 150 Å². The molecule has 8 heteroatoms. The summed E-state index contributed by atoms with van der Waals surface area (Å²) < 4.78 is 13.3. The molecule has 3 rings (SSSR count). The standard InChI is InChI=1S/C18H19FN4O3/c19-14-6-7-17(23(25)26)16(12-14)20-13-18(24)22-10-8-21(9-11-22)15-4-2-1-3-5-15/h1-7,12,20H,8-11,13H2. The van der Waals surface area contributed by atoms with E-state index < -0.39 is 10.7 Å². The molecule has 2 aromatic rings. The van der Waals surface area contributed by atoms with Gasteiger partial charge in [0.2, 0.25) is 5.91 Å². The molecule has 26 heavy (non-hydrogen) atoms. The number of carbonyl (C=O) groups excluding carboxylic acids is 1. The molecular formula is C18H19FN4O3. The highest BCUT2D eigenvalue weighted by Crippen LogP contribution is 2.24. The van der Waals surface area contributed by atoms with Crippen LogP contribution in [0.4, 0.5) is 21.5 Å². The fraction of sp³-hybridized carbons (Fsp3) is 0.278. The minimum atomic E-state index is -0.606. The van der Waals surface area contributed by atoms with Crippen LogP contribution >= 0.6 is 0 Å². The molecule has 1 fully saturated rings. The largest absolute Gasteiger partial charge is 0.370 e. The molecule has 1 aliphatic heterocycles. The number of amides is 1. The zero-order chi connectivity index (χ0) is 18.5. The Kier molecular flexibility index (Phi) is 5.31. The minimum Gasteiger partial charge on any atom is -0.370 e. The van der Waals surface area contributed by atoms with Gasteiger partial charge in [-0.3, -0.25) is 14.9 Å². The van der Waals surface area contributed by atoms with Crippen molar-refractivity contribution in [3.05, 3.63) is 64.5 Å². The molecule has 7 nitrogen and oxygen atoms in total. The van der Waals surface area contributed by atoms with E-state index in [4.69, 9.17) is 0 Å². The monoisotopic (exact) mass is 358 g/mol. The molecule has 2 aromatic carbocycles. The zero-order valence-corrected chi connectivity index (χ0v) is 14.1. The summed E-state index contributed by atoms with van der Waals surface area (Å²) in [5.41, 5.74) is 0.868. The van der Waals surface area contributed by atoms with Crippen LogP contribution in [-0.4, -0.2) is 48.5 Å². The molecule has 0 bridgehead atoms. The maximum atomic E-state index is 13.3. The second-order valence-corrected chi connectivity index (χ2v) is 5.98. The van der Waals surface area contributed by atoms with Crippen LogP contribution in [0.2, 0.25) is 0 Å². The summed E-state index contributed by atoms with van der Waals surface area (Å²) >= 11 is 0. The van der Waals surface area contributed by atoms with Crippen molar-refractivity contribution in [3.8, 4) is 0 Å². The predicted molar refractivity (Wildman–Crippen MR) is 96.8 cm³/mol. The Morgan fingerprint density at radius 1 is 1.12 bits per heavy atom. The smallest absolute Gasteiger partial charge is 0.292 e. The Morgan fingerprint density at radius 3 is 2.46 bits per heavy atom. The van der Waals surface area contributed by atoms with Crippen LogP contribution in [0.3, 0.4) is 0 Å². The highest BCUT2D eigenvalue weighted by atomic mass is 19.1. The van der Waals surface area contributed by atoms with Gasteiger partial charge in [0, 0.05) is 44.0 Å².